The van der Waals surface area contributed by atoms with Gasteiger partial charge in [-0.05, 0) is 57.4 Å². The van der Waals surface area contributed by atoms with Crippen molar-refractivity contribution in [1.82, 2.24) is 0 Å². The Morgan fingerprint density at radius 2 is 1.83 bits per heavy atom. The summed E-state index contributed by atoms with van der Waals surface area (Å²) in [6.07, 6.45) is 1.78. The second-order valence-electron chi connectivity index (χ2n) is 6.33. The molecular weight excluding hydrogens is 300 g/mol. The molecule has 24 heavy (non-hydrogen) atoms. The number of hydrogen-bond donors (Lipinski definition) is 2. The molecule has 0 aliphatic heterocycles. The summed E-state index contributed by atoms with van der Waals surface area (Å²) in [4.78, 5) is 12.3. The summed E-state index contributed by atoms with van der Waals surface area (Å²) < 4.78 is 5.31. The van der Waals surface area contributed by atoms with Gasteiger partial charge in [0.1, 0.15) is 0 Å². The third kappa shape index (κ3) is 5.30. The minimum Gasteiger partial charge on any atom is -0.459 e. The third-order valence-electron chi connectivity index (χ3n) is 3.72. The van der Waals surface area contributed by atoms with Gasteiger partial charge in [-0.2, -0.15) is 0 Å². The molecule has 0 fully saturated rings. The fourth-order valence-electron chi connectivity index (χ4n) is 2.50. The molecule has 0 heterocycles. The molecule has 3 N–H and O–H groups in total. The number of aryl methyl sites for hydroxylation is 1. The van der Waals surface area contributed by atoms with Crippen LogP contribution in [0.4, 0.5) is 11.4 Å². The van der Waals surface area contributed by atoms with Crippen LogP contribution in [0.5, 0.6) is 0 Å². The molecule has 0 bridgehead atoms. The number of nitrogen functional groups attached to an aromatic ring is 1. The standard InChI is InChI=1S/C20H26N2O2/c1-14(2)24-20(23)18-13-17(21)11-12-19(18)22-15(3)9-10-16-7-5-4-6-8-16/h4-8,11-15,22H,9-10,21H2,1-3H3/t15-/m1/s1. The number of anilines is 2. The van der Waals surface area contributed by atoms with Crippen LogP contribution in [0.25, 0.3) is 0 Å². The van der Waals surface area contributed by atoms with E-state index in [1.165, 1.54) is 5.56 Å². The third-order valence-corrected chi connectivity index (χ3v) is 3.72. The smallest absolute Gasteiger partial charge is 0.340 e. The fraction of sp³-hybridized carbons (Fsp3) is 0.350. The number of carbonyl (C=O) groups excluding carboxylic acids is 1. The molecule has 4 heteroatoms. The van der Waals surface area contributed by atoms with Gasteiger partial charge < -0.3 is 15.8 Å². The van der Waals surface area contributed by atoms with Crippen molar-refractivity contribution in [3.8, 4) is 0 Å². The van der Waals surface area contributed by atoms with E-state index < -0.39 is 0 Å². The van der Waals surface area contributed by atoms with Crippen LogP contribution in [0.1, 0.15) is 43.1 Å². The molecule has 0 radical (unpaired) electrons. The van der Waals surface area contributed by atoms with Crippen LogP contribution in [0.15, 0.2) is 48.5 Å². The van der Waals surface area contributed by atoms with Crippen LogP contribution in [0.3, 0.4) is 0 Å². The molecule has 0 saturated carbocycles. The zero-order valence-corrected chi connectivity index (χ0v) is 14.6. The van der Waals surface area contributed by atoms with Crippen molar-refractivity contribution in [2.45, 2.75) is 45.8 Å². The molecule has 2 rings (SSSR count). The predicted octanol–water partition coefficient (Wildman–Crippen LogP) is 4.27. The highest BCUT2D eigenvalue weighted by Gasteiger charge is 2.16. The van der Waals surface area contributed by atoms with Crippen LogP contribution in [-0.2, 0) is 11.2 Å². The lowest BCUT2D eigenvalue weighted by atomic mass is 10.1. The summed E-state index contributed by atoms with van der Waals surface area (Å²) in [7, 11) is 0. The Labute approximate surface area is 144 Å². The maximum absolute atomic E-state index is 12.3. The first-order valence-electron chi connectivity index (χ1n) is 8.36. The van der Waals surface area contributed by atoms with Crippen LogP contribution < -0.4 is 11.1 Å². The van der Waals surface area contributed by atoms with Crippen LogP contribution in [0, 0.1) is 0 Å². The Balaban J connectivity index is 2.04. The van der Waals surface area contributed by atoms with Gasteiger partial charge in [-0.15, -0.1) is 0 Å². The summed E-state index contributed by atoms with van der Waals surface area (Å²) in [6.45, 7) is 5.77. The van der Waals surface area contributed by atoms with Gasteiger partial charge in [0.15, 0.2) is 0 Å². The van der Waals surface area contributed by atoms with Crippen molar-refractivity contribution >= 4 is 17.3 Å². The lowest BCUT2D eigenvalue weighted by Crippen LogP contribution is -2.20. The lowest BCUT2D eigenvalue weighted by Gasteiger charge is -2.19. The molecule has 0 unspecified atom stereocenters. The van der Waals surface area contributed by atoms with E-state index in [9.17, 15) is 4.79 Å². The van der Waals surface area contributed by atoms with Crippen molar-refractivity contribution in [3.63, 3.8) is 0 Å². The average molecular weight is 326 g/mol. The number of carbonyl (C=O) groups is 1. The van der Waals surface area contributed by atoms with E-state index in [4.69, 9.17) is 10.5 Å². The number of nitrogens with two attached hydrogens (primary N) is 1. The van der Waals surface area contributed by atoms with Crippen LogP contribution in [0.2, 0.25) is 0 Å². The van der Waals surface area contributed by atoms with Crippen LogP contribution >= 0.6 is 0 Å². The summed E-state index contributed by atoms with van der Waals surface area (Å²) in [5.41, 5.74) is 8.92. The van der Waals surface area contributed by atoms with Gasteiger partial charge >= 0.3 is 5.97 Å². The summed E-state index contributed by atoms with van der Waals surface area (Å²) in [6, 6.07) is 15.9. The average Bonchev–Trinajstić information content (AvgIpc) is 2.55. The second-order valence-corrected chi connectivity index (χ2v) is 6.33. The quantitative estimate of drug-likeness (QED) is 0.589. The van der Waals surface area contributed by atoms with E-state index in [0.717, 1.165) is 18.5 Å². The number of hydrogen-bond acceptors (Lipinski definition) is 4. The van der Waals surface area contributed by atoms with E-state index in [1.54, 1.807) is 12.1 Å². The zero-order valence-electron chi connectivity index (χ0n) is 14.6. The molecule has 0 aliphatic rings. The Morgan fingerprint density at radius 1 is 1.12 bits per heavy atom. The van der Waals surface area contributed by atoms with Crippen molar-refractivity contribution in [2.24, 2.45) is 0 Å². The van der Waals surface area contributed by atoms with Gasteiger partial charge in [-0.1, -0.05) is 30.3 Å². The Hall–Kier alpha value is -2.49. The number of esters is 1. The summed E-state index contributed by atoms with van der Waals surface area (Å²) >= 11 is 0. The van der Waals surface area contributed by atoms with Crippen LogP contribution in [-0.4, -0.2) is 18.1 Å². The molecule has 2 aromatic carbocycles. The van der Waals surface area contributed by atoms with Gasteiger partial charge in [0, 0.05) is 17.4 Å². The molecule has 1 atom stereocenters. The molecule has 4 nitrogen and oxygen atoms in total. The summed E-state index contributed by atoms with van der Waals surface area (Å²) in [5.74, 6) is -0.352. The largest absolute Gasteiger partial charge is 0.459 e. The van der Waals surface area contributed by atoms with Crippen molar-refractivity contribution in [1.29, 1.82) is 0 Å². The van der Waals surface area contributed by atoms with Gasteiger partial charge in [-0.25, -0.2) is 4.79 Å². The van der Waals surface area contributed by atoms with Gasteiger partial charge in [0.2, 0.25) is 0 Å². The van der Waals surface area contributed by atoms with Gasteiger partial charge in [-0.3, -0.25) is 0 Å². The molecule has 0 aromatic heterocycles. The number of benzene rings is 2. The maximum Gasteiger partial charge on any atom is 0.340 e. The second kappa shape index (κ2) is 8.39. The fourth-order valence-corrected chi connectivity index (χ4v) is 2.50. The Morgan fingerprint density at radius 3 is 2.50 bits per heavy atom. The topological polar surface area (TPSA) is 64.3 Å². The predicted molar refractivity (Wildman–Crippen MR) is 99.3 cm³/mol. The van der Waals surface area contributed by atoms with Crippen molar-refractivity contribution in [3.05, 3.63) is 59.7 Å². The first kappa shape index (κ1) is 17.9. The first-order chi connectivity index (χ1) is 11.5. The van der Waals surface area contributed by atoms with E-state index in [2.05, 4.69) is 24.4 Å². The Kier molecular flexibility index (Phi) is 6.24. The lowest BCUT2D eigenvalue weighted by molar-refractivity contribution is 0.0379. The minimum atomic E-state index is -0.352. The molecular formula is C20H26N2O2. The van der Waals surface area contributed by atoms with E-state index in [0.29, 0.717) is 11.3 Å². The van der Waals surface area contributed by atoms with Crippen molar-refractivity contribution < 1.29 is 9.53 Å². The van der Waals surface area contributed by atoms with Gasteiger partial charge in [0.05, 0.1) is 11.7 Å². The molecule has 128 valence electrons. The Bertz CT molecular complexity index is 669. The molecule has 0 aliphatic carbocycles. The molecule has 2 aromatic rings. The highest BCUT2D eigenvalue weighted by atomic mass is 16.5. The van der Waals surface area contributed by atoms with E-state index >= 15 is 0 Å². The zero-order chi connectivity index (χ0) is 17.5. The highest BCUT2D eigenvalue weighted by Crippen LogP contribution is 2.22. The SMILES string of the molecule is CC(C)OC(=O)c1cc(N)ccc1N[C@H](C)CCc1ccccc1. The number of nitrogens with one attached hydrogen (secondary N) is 1. The molecule has 0 saturated heterocycles. The van der Waals surface area contributed by atoms with E-state index in [1.807, 2.05) is 38.1 Å². The summed E-state index contributed by atoms with van der Waals surface area (Å²) in [5, 5.41) is 3.41. The molecule has 0 spiro atoms. The first-order valence-corrected chi connectivity index (χ1v) is 8.36. The number of rotatable bonds is 7. The monoisotopic (exact) mass is 326 g/mol. The number of ether oxygens (including phenoxy) is 1. The van der Waals surface area contributed by atoms with Gasteiger partial charge in [0.25, 0.3) is 0 Å². The minimum absolute atomic E-state index is 0.165. The van der Waals surface area contributed by atoms with E-state index in [-0.39, 0.29) is 18.1 Å². The van der Waals surface area contributed by atoms with Crippen molar-refractivity contribution in [2.75, 3.05) is 11.1 Å². The highest BCUT2D eigenvalue weighted by molar-refractivity contribution is 5.96. The molecule has 0 amide bonds. The maximum atomic E-state index is 12.3. The normalized spacial score (nSPS) is 12.0.